The maximum atomic E-state index is 12.2. The Morgan fingerprint density at radius 2 is 2.18 bits per heavy atom. The number of rotatable bonds is 7. The molecule has 5 nitrogen and oxygen atoms in total. The molecule has 1 N–H and O–H groups in total. The maximum absolute atomic E-state index is 12.2. The van der Waals surface area contributed by atoms with Gasteiger partial charge < -0.3 is 14.7 Å². The summed E-state index contributed by atoms with van der Waals surface area (Å²) in [4.78, 5) is 16.2. The number of hydrogen-bond donors (Lipinski definition) is 1. The van der Waals surface area contributed by atoms with Crippen LogP contribution in [-0.2, 0) is 11.3 Å². The number of carbonyl (C=O) groups is 1. The maximum Gasteiger partial charge on any atom is 0.410 e. The number of β-amino-alcohol motifs (C(OH)–C–C–N with tert-alkyl or cyclic N) is 1. The number of aliphatic hydroxyl groups excluding tert-OH is 1. The SMILES string of the molecule is CCN(C[C@H]1CCCN1CCO)C(=O)OCc1ccccc1. The lowest BCUT2D eigenvalue weighted by Gasteiger charge is -2.29. The van der Waals surface area contributed by atoms with Gasteiger partial charge in [-0.1, -0.05) is 30.3 Å². The summed E-state index contributed by atoms with van der Waals surface area (Å²) in [5.74, 6) is 0. The topological polar surface area (TPSA) is 53.0 Å². The van der Waals surface area contributed by atoms with Crippen LogP contribution in [0.25, 0.3) is 0 Å². The van der Waals surface area contributed by atoms with Crippen LogP contribution < -0.4 is 0 Å². The number of nitrogens with zero attached hydrogens (tertiary/aromatic N) is 2. The van der Waals surface area contributed by atoms with Gasteiger partial charge in [-0.3, -0.25) is 4.90 Å². The standard InChI is InChI=1S/C17H26N2O3/c1-2-18(13-16-9-6-10-19(16)11-12-20)17(21)22-14-15-7-4-3-5-8-15/h3-5,7-8,16,20H,2,6,9-14H2,1H3/t16-/m1/s1. The predicted octanol–water partition coefficient (Wildman–Crippen LogP) is 2.10. The summed E-state index contributed by atoms with van der Waals surface area (Å²) in [6.07, 6.45) is 1.94. The van der Waals surface area contributed by atoms with Crippen LogP contribution in [0, 0.1) is 0 Å². The van der Waals surface area contributed by atoms with E-state index in [4.69, 9.17) is 9.84 Å². The summed E-state index contributed by atoms with van der Waals surface area (Å²) >= 11 is 0. The molecule has 0 saturated carbocycles. The minimum Gasteiger partial charge on any atom is -0.445 e. The highest BCUT2D eigenvalue weighted by Gasteiger charge is 2.27. The Morgan fingerprint density at radius 1 is 1.41 bits per heavy atom. The van der Waals surface area contributed by atoms with E-state index in [2.05, 4.69) is 4.90 Å². The molecular formula is C17H26N2O3. The molecule has 1 aliphatic rings. The zero-order chi connectivity index (χ0) is 15.8. The molecule has 1 aliphatic heterocycles. The van der Waals surface area contributed by atoms with Gasteiger partial charge in [0.1, 0.15) is 6.61 Å². The Kier molecular flexibility index (Phi) is 6.68. The molecule has 1 saturated heterocycles. The summed E-state index contributed by atoms with van der Waals surface area (Å²) in [6, 6.07) is 10.0. The van der Waals surface area contributed by atoms with Crippen LogP contribution in [0.1, 0.15) is 25.3 Å². The number of likely N-dealkylation sites (N-methyl/N-ethyl adjacent to an activating group) is 1. The van der Waals surface area contributed by atoms with Crippen LogP contribution in [0.5, 0.6) is 0 Å². The minimum atomic E-state index is -0.262. The molecule has 0 radical (unpaired) electrons. The molecule has 0 aliphatic carbocycles. The Labute approximate surface area is 132 Å². The Hall–Kier alpha value is -1.59. The molecule has 1 amide bonds. The molecule has 22 heavy (non-hydrogen) atoms. The monoisotopic (exact) mass is 306 g/mol. The van der Waals surface area contributed by atoms with Crippen LogP contribution in [-0.4, -0.2) is 59.8 Å². The van der Waals surface area contributed by atoms with Crippen molar-refractivity contribution in [3.8, 4) is 0 Å². The van der Waals surface area contributed by atoms with Crippen molar-refractivity contribution in [1.82, 2.24) is 9.80 Å². The molecule has 1 fully saturated rings. The first kappa shape index (κ1) is 16.8. The third-order valence-corrected chi connectivity index (χ3v) is 4.16. The minimum absolute atomic E-state index is 0.168. The number of hydrogen-bond acceptors (Lipinski definition) is 4. The molecule has 1 aromatic carbocycles. The predicted molar refractivity (Wildman–Crippen MR) is 85.6 cm³/mol. The van der Waals surface area contributed by atoms with E-state index in [1.54, 1.807) is 4.90 Å². The normalized spacial score (nSPS) is 18.4. The van der Waals surface area contributed by atoms with Gasteiger partial charge >= 0.3 is 6.09 Å². The second kappa shape index (κ2) is 8.76. The molecule has 1 aromatic rings. The van der Waals surface area contributed by atoms with Crippen LogP contribution >= 0.6 is 0 Å². The quantitative estimate of drug-likeness (QED) is 0.838. The van der Waals surface area contributed by atoms with E-state index in [-0.39, 0.29) is 12.7 Å². The fraction of sp³-hybridized carbons (Fsp3) is 0.588. The van der Waals surface area contributed by atoms with Crippen molar-refractivity contribution < 1.29 is 14.6 Å². The van der Waals surface area contributed by atoms with Crippen LogP contribution in [0.3, 0.4) is 0 Å². The zero-order valence-electron chi connectivity index (χ0n) is 13.3. The first-order valence-corrected chi connectivity index (χ1v) is 8.05. The second-order valence-corrected chi connectivity index (χ2v) is 5.63. The van der Waals surface area contributed by atoms with Gasteiger partial charge in [-0.05, 0) is 31.9 Å². The summed E-state index contributed by atoms with van der Waals surface area (Å²) in [6.45, 7) is 5.43. The Balaban J connectivity index is 1.83. The molecule has 122 valence electrons. The fourth-order valence-corrected chi connectivity index (χ4v) is 2.92. The summed E-state index contributed by atoms with van der Waals surface area (Å²) in [5.41, 5.74) is 0.995. The molecule has 2 rings (SSSR count). The molecule has 0 aromatic heterocycles. The number of amides is 1. The number of ether oxygens (including phenoxy) is 1. The summed E-state index contributed by atoms with van der Waals surface area (Å²) in [7, 11) is 0. The fourth-order valence-electron chi connectivity index (χ4n) is 2.92. The number of likely N-dealkylation sites (tertiary alicyclic amines) is 1. The van der Waals surface area contributed by atoms with Crippen molar-refractivity contribution in [3.63, 3.8) is 0 Å². The van der Waals surface area contributed by atoms with Crippen molar-refractivity contribution in [3.05, 3.63) is 35.9 Å². The summed E-state index contributed by atoms with van der Waals surface area (Å²) < 4.78 is 5.41. The average molecular weight is 306 g/mol. The lowest BCUT2D eigenvalue weighted by molar-refractivity contribution is 0.0845. The van der Waals surface area contributed by atoms with Gasteiger partial charge in [0.25, 0.3) is 0 Å². The van der Waals surface area contributed by atoms with Gasteiger partial charge in [0.05, 0.1) is 6.61 Å². The number of benzene rings is 1. The highest BCUT2D eigenvalue weighted by Crippen LogP contribution is 2.18. The first-order chi connectivity index (χ1) is 10.7. The van der Waals surface area contributed by atoms with Gasteiger partial charge in [0.15, 0.2) is 0 Å². The Bertz CT molecular complexity index is 452. The highest BCUT2D eigenvalue weighted by molar-refractivity contribution is 5.67. The number of aliphatic hydroxyl groups is 1. The molecular weight excluding hydrogens is 280 g/mol. The van der Waals surface area contributed by atoms with Gasteiger partial charge in [0, 0.05) is 25.7 Å². The van der Waals surface area contributed by atoms with E-state index < -0.39 is 0 Å². The van der Waals surface area contributed by atoms with Crippen LogP contribution in [0.4, 0.5) is 4.79 Å². The molecule has 0 bridgehead atoms. The van der Waals surface area contributed by atoms with E-state index in [1.165, 1.54) is 0 Å². The molecule has 0 spiro atoms. The lowest BCUT2D eigenvalue weighted by Crippen LogP contribution is -2.44. The number of carbonyl (C=O) groups excluding carboxylic acids is 1. The van der Waals surface area contributed by atoms with Crippen molar-refractivity contribution in [2.24, 2.45) is 0 Å². The van der Waals surface area contributed by atoms with E-state index in [0.29, 0.717) is 32.3 Å². The zero-order valence-corrected chi connectivity index (χ0v) is 13.3. The van der Waals surface area contributed by atoms with E-state index in [9.17, 15) is 4.79 Å². The second-order valence-electron chi connectivity index (χ2n) is 5.63. The summed E-state index contributed by atoms with van der Waals surface area (Å²) in [5, 5.41) is 9.11. The van der Waals surface area contributed by atoms with Crippen LogP contribution in [0.15, 0.2) is 30.3 Å². The molecule has 1 heterocycles. The van der Waals surface area contributed by atoms with Crippen molar-refractivity contribution >= 4 is 6.09 Å². The largest absolute Gasteiger partial charge is 0.445 e. The van der Waals surface area contributed by atoms with E-state index >= 15 is 0 Å². The van der Waals surface area contributed by atoms with Crippen molar-refractivity contribution in [2.75, 3.05) is 32.8 Å². The van der Waals surface area contributed by atoms with Crippen molar-refractivity contribution in [2.45, 2.75) is 32.4 Å². The third-order valence-electron chi connectivity index (χ3n) is 4.16. The van der Waals surface area contributed by atoms with E-state index in [0.717, 1.165) is 24.9 Å². The smallest absolute Gasteiger partial charge is 0.410 e. The highest BCUT2D eigenvalue weighted by atomic mass is 16.6. The average Bonchev–Trinajstić information content (AvgIpc) is 2.98. The van der Waals surface area contributed by atoms with Gasteiger partial charge in [0.2, 0.25) is 0 Å². The Morgan fingerprint density at radius 3 is 2.86 bits per heavy atom. The lowest BCUT2D eigenvalue weighted by atomic mass is 10.2. The van der Waals surface area contributed by atoms with E-state index in [1.807, 2.05) is 37.3 Å². The van der Waals surface area contributed by atoms with Crippen molar-refractivity contribution in [1.29, 1.82) is 0 Å². The molecule has 0 unspecified atom stereocenters. The van der Waals surface area contributed by atoms with Crippen LogP contribution in [0.2, 0.25) is 0 Å². The first-order valence-electron chi connectivity index (χ1n) is 8.05. The third kappa shape index (κ3) is 4.71. The molecule has 5 heteroatoms. The van der Waals surface area contributed by atoms with Gasteiger partial charge in [-0.25, -0.2) is 4.79 Å². The molecule has 1 atom stereocenters. The van der Waals surface area contributed by atoms with Gasteiger partial charge in [-0.2, -0.15) is 0 Å². The van der Waals surface area contributed by atoms with Gasteiger partial charge in [-0.15, -0.1) is 0 Å².